The Morgan fingerprint density at radius 2 is 2.18 bits per heavy atom. The maximum atomic E-state index is 9.29. The Hall–Kier alpha value is -1.51. The first kappa shape index (κ1) is 7.60. The summed E-state index contributed by atoms with van der Waals surface area (Å²) in [4.78, 5) is 0. The quantitative estimate of drug-likeness (QED) is 0.320. The third-order valence-corrected chi connectivity index (χ3v) is 1.61. The molecule has 4 N–H and O–H groups in total. The fraction of sp³-hybridized carbons (Fsp3) is 0.125. The van der Waals surface area contributed by atoms with Gasteiger partial charge in [0.25, 0.3) is 0 Å². The number of nitrogen functional groups attached to an aromatic ring is 1. The highest BCUT2D eigenvalue weighted by molar-refractivity contribution is 5.87. The van der Waals surface area contributed by atoms with E-state index in [1.54, 1.807) is 19.1 Å². The van der Waals surface area contributed by atoms with Gasteiger partial charge in [0.05, 0.1) is 5.69 Å². The van der Waals surface area contributed by atoms with E-state index in [2.05, 4.69) is 0 Å². The molecule has 0 amide bonds. The van der Waals surface area contributed by atoms with Gasteiger partial charge in [0.2, 0.25) is 0 Å². The minimum Gasteiger partial charge on any atom is -0.505 e. The molecule has 0 fully saturated rings. The van der Waals surface area contributed by atoms with E-state index in [1.165, 1.54) is 0 Å². The van der Waals surface area contributed by atoms with Crippen LogP contribution in [0.2, 0.25) is 0 Å². The number of phenolic OH excluding ortho intramolecular Hbond substituents is 1. The lowest BCUT2D eigenvalue weighted by molar-refractivity contribution is 0.474. The lowest BCUT2D eigenvalue weighted by Crippen LogP contribution is -1.94. The molecule has 0 aliphatic rings. The maximum Gasteiger partial charge on any atom is 0.142 e. The number of hydrogen-bond donors (Lipinski definition) is 3. The number of anilines is 1. The van der Waals surface area contributed by atoms with Gasteiger partial charge in [-0.1, -0.05) is 12.1 Å². The molecule has 0 radical (unpaired) electrons. The third kappa shape index (κ3) is 1.17. The summed E-state index contributed by atoms with van der Waals surface area (Å²) < 4.78 is 0. The highest BCUT2D eigenvalue weighted by Crippen LogP contribution is 2.26. The van der Waals surface area contributed by atoms with E-state index in [9.17, 15) is 5.11 Å². The first-order chi connectivity index (χ1) is 5.16. The first-order valence-electron chi connectivity index (χ1n) is 3.25. The van der Waals surface area contributed by atoms with E-state index in [4.69, 9.17) is 11.1 Å². The van der Waals surface area contributed by atoms with E-state index in [-0.39, 0.29) is 11.4 Å². The zero-order valence-corrected chi connectivity index (χ0v) is 6.26. The molecular weight excluding hydrogens is 140 g/mol. The average molecular weight is 150 g/mol. The van der Waals surface area contributed by atoms with Crippen molar-refractivity contribution in [3.63, 3.8) is 0 Å². The molecule has 1 aromatic rings. The number of hydrogen-bond acceptors (Lipinski definition) is 3. The number of aromatic hydroxyl groups is 1. The first-order valence-corrected chi connectivity index (χ1v) is 3.25. The minimum absolute atomic E-state index is 0.0750. The van der Waals surface area contributed by atoms with Gasteiger partial charge in [0.15, 0.2) is 0 Å². The number of rotatable bonds is 1. The molecule has 1 aromatic carbocycles. The number of nitrogens with two attached hydrogens (primary N) is 1. The lowest BCUT2D eigenvalue weighted by atomic mass is 10.1. The van der Waals surface area contributed by atoms with Crippen LogP contribution in [0, 0.1) is 12.3 Å². The Morgan fingerprint density at radius 1 is 1.55 bits per heavy atom. The molecule has 1 rings (SSSR count). The lowest BCUT2D eigenvalue weighted by Gasteiger charge is -2.04. The monoisotopic (exact) mass is 150 g/mol. The smallest absolute Gasteiger partial charge is 0.142 e. The Bertz CT molecular complexity index is 294. The van der Waals surface area contributed by atoms with Crippen LogP contribution in [0.1, 0.15) is 11.1 Å². The van der Waals surface area contributed by atoms with Crippen LogP contribution in [-0.4, -0.2) is 11.3 Å². The topological polar surface area (TPSA) is 70.1 Å². The van der Waals surface area contributed by atoms with Crippen LogP contribution in [-0.2, 0) is 0 Å². The van der Waals surface area contributed by atoms with E-state index in [1.807, 2.05) is 0 Å². The third-order valence-electron chi connectivity index (χ3n) is 1.61. The SMILES string of the molecule is Cc1ccc(C=N)c(N)c1O. The molecule has 0 heterocycles. The number of benzene rings is 1. The van der Waals surface area contributed by atoms with Crippen LogP contribution >= 0.6 is 0 Å². The van der Waals surface area contributed by atoms with Gasteiger partial charge in [0, 0.05) is 11.8 Å². The van der Waals surface area contributed by atoms with Crippen LogP contribution in [0.3, 0.4) is 0 Å². The summed E-state index contributed by atoms with van der Waals surface area (Å²) >= 11 is 0. The van der Waals surface area contributed by atoms with Gasteiger partial charge in [-0.3, -0.25) is 0 Å². The molecule has 0 aromatic heterocycles. The molecule has 58 valence electrons. The highest BCUT2D eigenvalue weighted by atomic mass is 16.3. The number of aryl methyl sites for hydroxylation is 1. The Balaban J connectivity index is 3.36. The van der Waals surface area contributed by atoms with E-state index >= 15 is 0 Å². The molecule has 3 nitrogen and oxygen atoms in total. The van der Waals surface area contributed by atoms with Gasteiger partial charge in [-0.15, -0.1) is 0 Å². The van der Waals surface area contributed by atoms with Crippen LogP contribution in [0.15, 0.2) is 12.1 Å². The van der Waals surface area contributed by atoms with Gasteiger partial charge in [-0.2, -0.15) is 0 Å². The Kier molecular flexibility index (Phi) is 1.81. The molecule has 0 aliphatic carbocycles. The Morgan fingerprint density at radius 3 is 2.73 bits per heavy atom. The van der Waals surface area contributed by atoms with Crippen molar-refractivity contribution in [3.05, 3.63) is 23.3 Å². The van der Waals surface area contributed by atoms with Crippen molar-refractivity contribution in [1.29, 1.82) is 5.41 Å². The summed E-state index contributed by atoms with van der Waals surface area (Å²) in [6.07, 6.45) is 1.12. The molecule has 0 saturated carbocycles. The van der Waals surface area contributed by atoms with E-state index in [0.29, 0.717) is 5.56 Å². The molecule has 0 spiro atoms. The average Bonchev–Trinajstić information content (AvgIpc) is 2.01. The zero-order chi connectivity index (χ0) is 8.43. The van der Waals surface area contributed by atoms with Crippen molar-refractivity contribution in [1.82, 2.24) is 0 Å². The van der Waals surface area contributed by atoms with E-state index in [0.717, 1.165) is 11.8 Å². The van der Waals surface area contributed by atoms with Crippen LogP contribution in [0.4, 0.5) is 5.69 Å². The predicted molar refractivity (Wildman–Crippen MR) is 45.1 cm³/mol. The molecule has 0 bridgehead atoms. The van der Waals surface area contributed by atoms with Crippen LogP contribution in [0.25, 0.3) is 0 Å². The van der Waals surface area contributed by atoms with Crippen molar-refractivity contribution in [2.24, 2.45) is 0 Å². The van der Waals surface area contributed by atoms with Gasteiger partial charge in [-0.05, 0) is 12.5 Å². The standard InChI is InChI=1S/C8H10N2O/c1-5-2-3-6(4-9)7(10)8(5)11/h2-4,9,11H,10H2,1H3. The summed E-state index contributed by atoms with van der Waals surface area (Å²) in [5.41, 5.74) is 7.05. The zero-order valence-electron chi connectivity index (χ0n) is 6.26. The molecule has 0 aliphatic heterocycles. The molecule has 0 atom stereocenters. The van der Waals surface area contributed by atoms with Crippen molar-refractivity contribution >= 4 is 11.9 Å². The molecule has 0 unspecified atom stereocenters. The normalized spacial score (nSPS) is 9.55. The van der Waals surface area contributed by atoms with Crippen LogP contribution < -0.4 is 5.73 Å². The van der Waals surface area contributed by atoms with Crippen molar-refractivity contribution in [2.75, 3.05) is 5.73 Å². The summed E-state index contributed by atoms with van der Waals surface area (Å²) in [6.45, 7) is 1.76. The molecule has 0 saturated heterocycles. The van der Waals surface area contributed by atoms with Gasteiger partial charge < -0.3 is 16.2 Å². The second kappa shape index (κ2) is 2.62. The summed E-state index contributed by atoms with van der Waals surface area (Å²) in [7, 11) is 0. The summed E-state index contributed by atoms with van der Waals surface area (Å²) in [5.74, 6) is 0.0750. The maximum absolute atomic E-state index is 9.29. The van der Waals surface area contributed by atoms with Crippen molar-refractivity contribution in [3.8, 4) is 5.75 Å². The fourth-order valence-corrected chi connectivity index (χ4v) is 0.858. The molecule has 3 heteroatoms. The van der Waals surface area contributed by atoms with E-state index < -0.39 is 0 Å². The number of nitrogens with one attached hydrogen (secondary N) is 1. The van der Waals surface area contributed by atoms with Gasteiger partial charge >= 0.3 is 0 Å². The van der Waals surface area contributed by atoms with Crippen LogP contribution in [0.5, 0.6) is 5.75 Å². The molecular formula is C8H10N2O. The second-order valence-electron chi connectivity index (χ2n) is 2.38. The van der Waals surface area contributed by atoms with Gasteiger partial charge in [0.1, 0.15) is 5.75 Å². The predicted octanol–water partition coefficient (Wildman–Crippen LogP) is 1.28. The molecule has 11 heavy (non-hydrogen) atoms. The number of phenols is 1. The largest absolute Gasteiger partial charge is 0.505 e. The highest BCUT2D eigenvalue weighted by Gasteiger charge is 2.03. The van der Waals surface area contributed by atoms with Gasteiger partial charge in [-0.25, -0.2) is 0 Å². The van der Waals surface area contributed by atoms with Crippen molar-refractivity contribution in [2.45, 2.75) is 6.92 Å². The fourth-order valence-electron chi connectivity index (χ4n) is 0.858. The summed E-state index contributed by atoms with van der Waals surface area (Å²) in [5, 5.41) is 16.2. The minimum atomic E-state index is 0.0750. The van der Waals surface area contributed by atoms with Crippen molar-refractivity contribution < 1.29 is 5.11 Å². The summed E-state index contributed by atoms with van der Waals surface area (Å²) in [6, 6.07) is 3.43. The second-order valence-corrected chi connectivity index (χ2v) is 2.38. The Labute approximate surface area is 65.0 Å².